The van der Waals surface area contributed by atoms with Gasteiger partial charge in [0.25, 0.3) is 0 Å². The van der Waals surface area contributed by atoms with Crippen LogP contribution in [0.1, 0.15) is 27.2 Å². The summed E-state index contributed by atoms with van der Waals surface area (Å²) in [7, 11) is 0. The zero-order chi connectivity index (χ0) is 11.1. The van der Waals surface area contributed by atoms with Gasteiger partial charge in [-0.2, -0.15) is 0 Å². The van der Waals surface area contributed by atoms with Crippen LogP contribution in [-0.4, -0.2) is 13.2 Å². The van der Waals surface area contributed by atoms with E-state index in [2.05, 4.69) is 38.2 Å². The molecular formula is C13H21NO. The van der Waals surface area contributed by atoms with Crippen LogP contribution in [-0.2, 0) is 0 Å². The highest BCUT2D eigenvalue weighted by Gasteiger charge is 1.97. The van der Waals surface area contributed by atoms with Gasteiger partial charge in [-0.05, 0) is 36.6 Å². The van der Waals surface area contributed by atoms with Crippen LogP contribution >= 0.6 is 0 Å². The molecule has 0 heterocycles. The minimum Gasteiger partial charge on any atom is -0.493 e. The number of rotatable bonds is 6. The van der Waals surface area contributed by atoms with Gasteiger partial charge in [0.15, 0.2) is 0 Å². The Morgan fingerprint density at radius 2 is 1.87 bits per heavy atom. The molecule has 0 unspecified atom stereocenters. The van der Waals surface area contributed by atoms with Gasteiger partial charge in [-0.25, -0.2) is 0 Å². The highest BCUT2D eigenvalue weighted by Crippen LogP contribution is 2.16. The Balaban J connectivity index is 2.41. The fraction of sp³-hybridized carbons (Fsp3) is 0.538. The maximum Gasteiger partial charge on any atom is 0.119 e. The number of hydrogen-bond donors (Lipinski definition) is 1. The Bertz CT molecular complexity index is 266. The highest BCUT2D eigenvalue weighted by molar-refractivity contribution is 5.46. The zero-order valence-corrected chi connectivity index (χ0v) is 9.92. The van der Waals surface area contributed by atoms with E-state index in [4.69, 9.17) is 4.74 Å². The molecule has 15 heavy (non-hydrogen) atoms. The van der Waals surface area contributed by atoms with Crippen molar-refractivity contribution in [3.8, 4) is 5.75 Å². The van der Waals surface area contributed by atoms with Crippen LogP contribution in [0, 0.1) is 5.92 Å². The van der Waals surface area contributed by atoms with Crippen LogP contribution in [0.2, 0.25) is 0 Å². The second kappa shape index (κ2) is 6.33. The summed E-state index contributed by atoms with van der Waals surface area (Å²) in [6, 6.07) is 8.15. The normalized spacial score (nSPS) is 10.4. The lowest BCUT2D eigenvalue weighted by atomic mass is 10.2. The van der Waals surface area contributed by atoms with Crippen molar-refractivity contribution in [2.75, 3.05) is 18.5 Å². The van der Waals surface area contributed by atoms with Crippen LogP contribution < -0.4 is 10.1 Å². The summed E-state index contributed by atoms with van der Waals surface area (Å²) in [5, 5.41) is 3.33. The van der Waals surface area contributed by atoms with E-state index in [0.29, 0.717) is 5.92 Å². The molecule has 1 aromatic carbocycles. The van der Waals surface area contributed by atoms with Crippen molar-refractivity contribution in [1.82, 2.24) is 0 Å². The summed E-state index contributed by atoms with van der Waals surface area (Å²) in [5.74, 6) is 1.52. The summed E-state index contributed by atoms with van der Waals surface area (Å²) in [4.78, 5) is 0. The smallest absolute Gasteiger partial charge is 0.119 e. The van der Waals surface area contributed by atoms with Crippen LogP contribution in [0.4, 0.5) is 5.69 Å². The van der Waals surface area contributed by atoms with Crippen molar-refractivity contribution in [2.24, 2.45) is 5.92 Å². The fourth-order valence-corrected chi connectivity index (χ4v) is 1.20. The molecule has 0 aliphatic heterocycles. The summed E-state index contributed by atoms with van der Waals surface area (Å²) >= 11 is 0. The van der Waals surface area contributed by atoms with Crippen LogP contribution in [0.5, 0.6) is 5.75 Å². The van der Waals surface area contributed by atoms with Crippen molar-refractivity contribution in [3.63, 3.8) is 0 Å². The van der Waals surface area contributed by atoms with E-state index in [1.54, 1.807) is 0 Å². The van der Waals surface area contributed by atoms with Gasteiger partial charge in [-0.3, -0.25) is 0 Å². The second-order valence-corrected chi connectivity index (χ2v) is 4.16. The third-order valence-corrected chi connectivity index (χ3v) is 2.02. The fourth-order valence-electron chi connectivity index (χ4n) is 1.20. The molecule has 2 heteroatoms. The summed E-state index contributed by atoms with van der Waals surface area (Å²) in [5.41, 5.74) is 1.16. The molecule has 0 atom stereocenters. The van der Waals surface area contributed by atoms with E-state index in [1.807, 2.05) is 12.1 Å². The topological polar surface area (TPSA) is 21.3 Å². The van der Waals surface area contributed by atoms with Gasteiger partial charge in [0.2, 0.25) is 0 Å². The van der Waals surface area contributed by atoms with Crippen molar-refractivity contribution in [2.45, 2.75) is 27.2 Å². The summed E-state index contributed by atoms with van der Waals surface area (Å²) in [6.45, 7) is 8.26. The molecule has 1 N–H and O–H groups in total. The first kappa shape index (κ1) is 11.9. The Morgan fingerprint density at radius 1 is 1.20 bits per heavy atom. The molecule has 0 aliphatic rings. The molecule has 0 saturated heterocycles. The monoisotopic (exact) mass is 207 g/mol. The van der Waals surface area contributed by atoms with E-state index in [1.165, 1.54) is 0 Å². The van der Waals surface area contributed by atoms with Gasteiger partial charge in [0.05, 0.1) is 6.61 Å². The van der Waals surface area contributed by atoms with E-state index in [9.17, 15) is 0 Å². The Labute approximate surface area is 92.6 Å². The average molecular weight is 207 g/mol. The molecule has 0 saturated carbocycles. The number of nitrogens with one attached hydrogen (secondary N) is 1. The second-order valence-electron chi connectivity index (χ2n) is 4.16. The Hall–Kier alpha value is -1.18. The Morgan fingerprint density at radius 3 is 2.40 bits per heavy atom. The number of benzene rings is 1. The lowest BCUT2D eigenvalue weighted by Crippen LogP contribution is -2.04. The predicted octanol–water partition coefficient (Wildman–Crippen LogP) is 3.54. The SMILES string of the molecule is CCCNc1ccc(OCC(C)C)cc1. The molecule has 1 aromatic rings. The molecule has 1 rings (SSSR count). The van der Waals surface area contributed by atoms with Crippen molar-refractivity contribution in [1.29, 1.82) is 0 Å². The van der Waals surface area contributed by atoms with E-state index < -0.39 is 0 Å². The number of ether oxygens (including phenoxy) is 1. The van der Waals surface area contributed by atoms with Gasteiger partial charge in [0, 0.05) is 12.2 Å². The molecule has 0 aromatic heterocycles. The molecule has 0 aliphatic carbocycles. The number of hydrogen-bond acceptors (Lipinski definition) is 2. The third-order valence-electron chi connectivity index (χ3n) is 2.02. The molecule has 0 amide bonds. The van der Waals surface area contributed by atoms with Gasteiger partial charge in [-0.15, -0.1) is 0 Å². The van der Waals surface area contributed by atoms with E-state index >= 15 is 0 Å². The van der Waals surface area contributed by atoms with Gasteiger partial charge < -0.3 is 10.1 Å². The molecule has 0 bridgehead atoms. The standard InChI is InChI=1S/C13H21NO/c1-4-9-14-12-5-7-13(8-6-12)15-10-11(2)3/h5-8,11,14H,4,9-10H2,1-3H3. The van der Waals surface area contributed by atoms with Crippen LogP contribution in [0.25, 0.3) is 0 Å². The van der Waals surface area contributed by atoms with Crippen molar-refractivity contribution in [3.05, 3.63) is 24.3 Å². The lowest BCUT2D eigenvalue weighted by molar-refractivity contribution is 0.271. The minimum absolute atomic E-state index is 0.572. The first-order valence-electron chi connectivity index (χ1n) is 5.69. The Kier molecular flexibility index (Phi) is 5.02. The van der Waals surface area contributed by atoms with E-state index in [0.717, 1.165) is 31.0 Å². The van der Waals surface area contributed by atoms with Crippen LogP contribution in [0.15, 0.2) is 24.3 Å². The lowest BCUT2D eigenvalue weighted by Gasteiger charge is -2.09. The van der Waals surface area contributed by atoms with Gasteiger partial charge in [-0.1, -0.05) is 20.8 Å². The highest BCUT2D eigenvalue weighted by atomic mass is 16.5. The zero-order valence-electron chi connectivity index (χ0n) is 9.92. The largest absolute Gasteiger partial charge is 0.493 e. The number of anilines is 1. The quantitative estimate of drug-likeness (QED) is 0.770. The predicted molar refractivity (Wildman–Crippen MR) is 65.6 cm³/mol. The van der Waals surface area contributed by atoms with Gasteiger partial charge >= 0.3 is 0 Å². The minimum atomic E-state index is 0.572. The molecule has 0 spiro atoms. The molecule has 2 nitrogen and oxygen atoms in total. The summed E-state index contributed by atoms with van der Waals surface area (Å²) in [6.07, 6.45) is 1.14. The van der Waals surface area contributed by atoms with E-state index in [-0.39, 0.29) is 0 Å². The maximum absolute atomic E-state index is 5.60. The maximum atomic E-state index is 5.60. The molecule has 0 radical (unpaired) electrons. The third kappa shape index (κ3) is 4.73. The molecule has 0 fully saturated rings. The van der Waals surface area contributed by atoms with Crippen molar-refractivity contribution < 1.29 is 4.74 Å². The summed E-state index contributed by atoms with van der Waals surface area (Å²) < 4.78 is 5.60. The first-order chi connectivity index (χ1) is 7.22. The van der Waals surface area contributed by atoms with Crippen molar-refractivity contribution >= 4 is 5.69 Å². The molecule has 84 valence electrons. The molecular weight excluding hydrogens is 186 g/mol. The van der Waals surface area contributed by atoms with Crippen LogP contribution in [0.3, 0.4) is 0 Å². The first-order valence-corrected chi connectivity index (χ1v) is 5.69. The van der Waals surface area contributed by atoms with Gasteiger partial charge in [0.1, 0.15) is 5.75 Å². The average Bonchev–Trinajstić information content (AvgIpc) is 2.25.